The van der Waals surface area contributed by atoms with Crippen LogP contribution in [0.3, 0.4) is 0 Å². The fourth-order valence-corrected chi connectivity index (χ4v) is 2.54. The van der Waals surface area contributed by atoms with Crippen LogP contribution in [0.4, 0.5) is 0 Å². The first-order valence-electron chi connectivity index (χ1n) is 7.16. The van der Waals surface area contributed by atoms with E-state index in [0.717, 1.165) is 0 Å². The summed E-state index contributed by atoms with van der Waals surface area (Å²) in [5, 5.41) is 18.9. The first-order valence-corrected chi connectivity index (χ1v) is 7.91. The SMILES string of the molecule is N#Cc1cc(C#N)cc(Oc2ccnc(Oc3cc(Cl)cc(Cl)c3)n2)c1. The van der Waals surface area contributed by atoms with Gasteiger partial charge in [0.2, 0.25) is 5.88 Å². The van der Waals surface area contributed by atoms with E-state index in [1.54, 1.807) is 18.2 Å². The summed E-state index contributed by atoms with van der Waals surface area (Å²) in [5.41, 5.74) is 0.608. The maximum Gasteiger partial charge on any atom is 0.325 e. The second-order valence-corrected chi connectivity index (χ2v) is 5.83. The van der Waals surface area contributed by atoms with Gasteiger partial charge in [-0.25, -0.2) is 4.98 Å². The zero-order valence-electron chi connectivity index (χ0n) is 13.0. The summed E-state index contributed by atoms with van der Waals surface area (Å²) < 4.78 is 11.1. The van der Waals surface area contributed by atoms with E-state index < -0.39 is 0 Å². The Morgan fingerprint density at radius 2 is 1.42 bits per heavy atom. The first-order chi connectivity index (χ1) is 12.6. The summed E-state index contributed by atoms with van der Waals surface area (Å²) in [6.45, 7) is 0. The molecule has 0 aliphatic rings. The van der Waals surface area contributed by atoms with Crippen molar-refractivity contribution in [3.05, 3.63) is 69.8 Å². The van der Waals surface area contributed by atoms with Crippen molar-refractivity contribution >= 4 is 23.2 Å². The molecule has 8 heteroatoms. The summed E-state index contributed by atoms with van der Waals surface area (Å²) in [6, 6.07) is 14.7. The Kier molecular flexibility index (Phi) is 5.19. The molecule has 6 nitrogen and oxygen atoms in total. The fraction of sp³-hybridized carbons (Fsp3) is 0. The Labute approximate surface area is 158 Å². The van der Waals surface area contributed by atoms with Crippen LogP contribution in [0.15, 0.2) is 48.7 Å². The van der Waals surface area contributed by atoms with E-state index in [-0.39, 0.29) is 11.9 Å². The van der Waals surface area contributed by atoms with Crippen LogP contribution < -0.4 is 9.47 Å². The highest BCUT2D eigenvalue weighted by Crippen LogP contribution is 2.28. The van der Waals surface area contributed by atoms with Gasteiger partial charge in [0.25, 0.3) is 0 Å². The Balaban J connectivity index is 1.84. The van der Waals surface area contributed by atoms with Gasteiger partial charge in [-0.15, -0.1) is 0 Å². The van der Waals surface area contributed by atoms with E-state index in [1.807, 2.05) is 12.1 Å². The third kappa shape index (κ3) is 4.40. The number of nitrogens with zero attached hydrogens (tertiary/aromatic N) is 4. The molecule has 0 bridgehead atoms. The summed E-state index contributed by atoms with van der Waals surface area (Å²) in [4.78, 5) is 8.13. The van der Waals surface area contributed by atoms with Gasteiger partial charge in [0.05, 0.1) is 23.3 Å². The van der Waals surface area contributed by atoms with Crippen LogP contribution in [-0.2, 0) is 0 Å². The van der Waals surface area contributed by atoms with Crippen molar-refractivity contribution in [3.63, 3.8) is 0 Å². The predicted molar refractivity (Wildman–Crippen MR) is 94.5 cm³/mol. The third-order valence-electron chi connectivity index (χ3n) is 3.04. The highest BCUT2D eigenvalue weighted by atomic mass is 35.5. The van der Waals surface area contributed by atoms with Crippen LogP contribution in [0.5, 0.6) is 23.4 Å². The molecule has 0 saturated carbocycles. The van der Waals surface area contributed by atoms with E-state index in [4.69, 9.17) is 43.2 Å². The standard InChI is InChI=1S/C18H8Cl2N4O2/c19-13-6-14(20)8-16(7-13)26-18-23-2-1-17(24-18)25-15-4-11(9-21)3-12(5-15)10-22/h1-8H. The maximum atomic E-state index is 9.02. The lowest BCUT2D eigenvalue weighted by Crippen LogP contribution is -1.95. The zero-order chi connectivity index (χ0) is 18.5. The Hall–Kier alpha value is -3.32. The smallest absolute Gasteiger partial charge is 0.325 e. The molecule has 2 aromatic carbocycles. The van der Waals surface area contributed by atoms with E-state index in [9.17, 15) is 0 Å². The summed E-state index contributed by atoms with van der Waals surface area (Å²) in [7, 11) is 0. The number of rotatable bonds is 4. The van der Waals surface area contributed by atoms with Crippen molar-refractivity contribution < 1.29 is 9.47 Å². The molecule has 1 aromatic heterocycles. The molecule has 3 aromatic rings. The predicted octanol–water partition coefficient (Wildman–Crippen LogP) is 5.11. The average molecular weight is 383 g/mol. The molecular weight excluding hydrogens is 375 g/mol. The quantitative estimate of drug-likeness (QED) is 0.622. The molecule has 0 amide bonds. The largest absolute Gasteiger partial charge is 0.439 e. The van der Waals surface area contributed by atoms with Gasteiger partial charge < -0.3 is 9.47 Å². The molecule has 0 atom stereocenters. The Morgan fingerprint density at radius 1 is 0.808 bits per heavy atom. The fourth-order valence-electron chi connectivity index (χ4n) is 2.03. The minimum absolute atomic E-state index is 0.0257. The van der Waals surface area contributed by atoms with Crippen LogP contribution in [0.2, 0.25) is 10.0 Å². The van der Waals surface area contributed by atoms with Crippen molar-refractivity contribution in [1.82, 2.24) is 9.97 Å². The lowest BCUT2D eigenvalue weighted by Gasteiger charge is -2.08. The highest BCUT2D eigenvalue weighted by Gasteiger charge is 2.08. The van der Waals surface area contributed by atoms with Crippen molar-refractivity contribution in [2.75, 3.05) is 0 Å². The molecule has 0 radical (unpaired) electrons. The molecular formula is C18H8Cl2N4O2. The molecule has 26 heavy (non-hydrogen) atoms. The number of nitriles is 2. The zero-order valence-corrected chi connectivity index (χ0v) is 14.5. The van der Waals surface area contributed by atoms with Crippen LogP contribution in [0.1, 0.15) is 11.1 Å². The normalized spacial score (nSPS) is 9.85. The number of halogens is 2. The Morgan fingerprint density at radius 3 is 2.04 bits per heavy atom. The molecule has 0 spiro atoms. The molecule has 3 rings (SSSR count). The molecule has 1 heterocycles. The number of hydrogen-bond acceptors (Lipinski definition) is 6. The first kappa shape index (κ1) is 17.5. The van der Waals surface area contributed by atoms with E-state index in [2.05, 4.69) is 9.97 Å². The lowest BCUT2D eigenvalue weighted by molar-refractivity contribution is 0.411. The van der Waals surface area contributed by atoms with E-state index in [0.29, 0.717) is 32.7 Å². The third-order valence-corrected chi connectivity index (χ3v) is 3.48. The maximum absolute atomic E-state index is 9.02. The van der Waals surface area contributed by atoms with Crippen LogP contribution in [0.25, 0.3) is 0 Å². The molecule has 0 aliphatic heterocycles. The summed E-state index contributed by atoms with van der Waals surface area (Å²) in [6.07, 6.45) is 1.45. The highest BCUT2D eigenvalue weighted by molar-refractivity contribution is 6.34. The molecule has 126 valence electrons. The van der Waals surface area contributed by atoms with Crippen molar-refractivity contribution in [2.24, 2.45) is 0 Å². The van der Waals surface area contributed by atoms with Crippen molar-refractivity contribution in [2.45, 2.75) is 0 Å². The second-order valence-electron chi connectivity index (χ2n) is 4.96. The number of hydrogen-bond donors (Lipinski definition) is 0. The van der Waals surface area contributed by atoms with Crippen molar-refractivity contribution in [3.8, 4) is 35.5 Å². The van der Waals surface area contributed by atoms with Crippen LogP contribution in [0, 0.1) is 22.7 Å². The molecule has 0 fully saturated rings. The van der Waals surface area contributed by atoms with Gasteiger partial charge in [0.15, 0.2) is 0 Å². The molecule has 0 aliphatic carbocycles. The van der Waals surface area contributed by atoms with Gasteiger partial charge in [-0.1, -0.05) is 23.2 Å². The van der Waals surface area contributed by atoms with Gasteiger partial charge in [0.1, 0.15) is 11.5 Å². The summed E-state index contributed by atoms with van der Waals surface area (Å²) in [5.74, 6) is 0.857. The minimum Gasteiger partial charge on any atom is -0.439 e. The minimum atomic E-state index is 0.0257. The number of ether oxygens (including phenoxy) is 2. The van der Waals surface area contributed by atoms with Crippen molar-refractivity contribution in [1.29, 1.82) is 10.5 Å². The lowest BCUT2D eigenvalue weighted by atomic mass is 10.1. The number of aromatic nitrogens is 2. The molecule has 0 unspecified atom stereocenters. The van der Waals surface area contributed by atoms with E-state index >= 15 is 0 Å². The average Bonchev–Trinajstić information content (AvgIpc) is 2.60. The van der Waals surface area contributed by atoms with Gasteiger partial charge in [-0.3, -0.25) is 0 Å². The van der Waals surface area contributed by atoms with Gasteiger partial charge >= 0.3 is 6.01 Å². The molecule has 0 saturated heterocycles. The van der Waals surface area contributed by atoms with Crippen LogP contribution in [-0.4, -0.2) is 9.97 Å². The Bertz CT molecular complexity index is 1010. The van der Waals surface area contributed by atoms with E-state index in [1.165, 1.54) is 30.5 Å². The second kappa shape index (κ2) is 7.71. The van der Waals surface area contributed by atoms with Gasteiger partial charge in [-0.2, -0.15) is 15.5 Å². The van der Waals surface area contributed by atoms with Gasteiger partial charge in [-0.05, 0) is 36.4 Å². The monoisotopic (exact) mass is 382 g/mol. The summed E-state index contributed by atoms with van der Waals surface area (Å²) >= 11 is 11.9. The number of benzene rings is 2. The van der Waals surface area contributed by atoms with Crippen LogP contribution >= 0.6 is 23.2 Å². The topological polar surface area (TPSA) is 91.8 Å². The van der Waals surface area contributed by atoms with Gasteiger partial charge in [0, 0.05) is 22.3 Å². The molecule has 0 N–H and O–H groups in total.